The van der Waals surface area contributed by atoms with Crippen LogP contribution >= 0.6 is 0 Å². The Morgan fingerprint density at radius 3 is 2.06 bits per heavy atom. The molecule has 18 heavy (non-hydrogen) atoms. The average molecular weight is 260 g/mol. The first-order chi connectivity index (χ1) is 8.08. The topological polar surface area (TPSA) is 67.9 Å². The van der Waals surface area contributed by atoms with Gasteiger partial charge in [0.05, 0.1) is 7.11 Å². The highest BCUT2D eigenvalue weighted by Crippen LogP contribution is 2.10. The summed E-state index contributed by atoms with van der Waals surface area (Å²) in [6.07, 6.45) is -0.748. The molecule has 0 aliphatic heterocycles. The second kappa shape index (κ2) is 6.70. The normalized spacial score (nSPS) is 13.6. The summed E-state index contributed by atoms with van der Waals surface area (Å²) in [5, 5.41) is 3.62. The second-order valence-electron chi connectivity index (χ2n) is 5.41. The summed E-state index contributed by atoms with van der Waals surface area (Å²) >= 11 is 0. The van der Waals surface area contributed by atoms with Gasteiger partial charge >= 0.3 is 6.09 Å². The lowest BCUT2D eigenvalue weighted by molar-refractivity contribution is -0.167. The number of likely N-dealkylation sites (N-methyl/N-ethyl adjacent to an activating group) is 1. The third kappa shape index (κ3) is 5.97. The van der Waals surface area contributed by atoms with Crippen molar-refractivity contribution < 1.29 is 19.2 Å². The minimum Gasteiger partial charge on any atom is -0.444 e. The Morgan fingerprint density at radius 1 is 1.22 bits per heavy atom. The zero-order chi connectivity index (χ0) is 14.5. The number of hydrogen-bond donors (Lipinski definition) is 1. The Morgan fingerprint density at radius 2 is 1.72 bits per heavy atom. The minimum atomic E-state index is -0.748. The standard InChI is InChI=1S/C12H24N2O4/c1-8(2)9(14(6)17-7)10(15)13-11(16)18-12(3,4)5/h8-9H,1-7H3,(H,13,15,16). The lowest BCUT2D eigenvalue weighted by Crippen LogP contribution is -2.50. The van der Waals surface area contributed by atoms with Gasteiger partial charge in [-0.25, -0.2) is 4.79 Å². The maximum absolute atomic E-state index is 11.9. The van der Waals surface area contributed by atoms with Crippen molar-refractivity contribution in [1.82, 2.24) is 10.4 Å². The van der Waals surface area contributed by atoms with Gasteiger partial charge in [-0.1, -0.05) is 13.8 Å². The van der Waals surface area contributed by atoms with Gasteiger partial charge in [0.2, 0.25) is 5.91 Å². The number of alkyl carbamates (subject to hydrolysis) is 1. The van der Waals surface area contributed by atoms with Crippen molar-refractivity contribution >= 4 is 12.0 Å². The van der Waals surface area contributed by atoms with Crippen molar-refractivity contribution in [2.24, 2.45) is 5.92 Å². The molecular formula is C12H24N2O4. The summed E-state index contributed by atoms with van der Waals surface area (Å²) in [4.78, 5) is 28.4. The monoisotopic (exact) mass is 260 g/mol. The van der Waals surface area contributed by atoms with E-state index in [1.807, 2.05) is 13.8 Å². The van der Waals surface area contributed by atoms with Gasteiger partial charge in [0.1, 0.15) is 11.6 Å². The molecule has 0 aliphatic rings. The molecule has 0 aromatic carbocycles. The van der Waals surface area contributed by atoms with E-state index in [1.54, 1.807) is 27.8 Å². The lowest BCUT2D eigenvalue weighted by atomic mass is 10.0. The number of ether oxygens (including phenoxy) is 1. The molecule has 0 saturated carbocycles. The molecule has 0 bridgehead atoms. The van der Waals surface area contributed by atoms with Gasteiger partial charge in [-0.15, -0.1) is 0 Å². The Labute approximate surface area is 109 Å². The van der Waals surface area contributed by atoms with Crippen LogP contribution in [0.2, 0.25) is 0 Å². The summed E-state index contributed by atoms with van der Waals surface area (Å²) < 4.78 is 5.02. The summed E-state index contributed by atoms with van der Waals surface area (Å²) in [7, 11) is 3.11. The van der Waals surface area contributed by atoms with Crippen LogP contribution in [-0.2, 0) is 14.4 Å². The molecule has 6 nitrogen and oxygen atoms in total. The highest BCUT2D eigenvalue weighted by molar-refractivity contribution is 5.95. The third-order valence-electron chi connectivity index (χ3n) is 2.20. The Hall–Kier alpha value is -1.14. The van der Waals surface area contributed by atoms with E-state index in [4.69, 9.17) is 9.57 Å². The van der Waals surface area contributed by atoms with Crippen LogP contribution in [0.5, 0.6) is 0 Å². The molecule has 0 rings (SSSR count). The number of rotatable bonds is 4. The predicted molar refractivity (Wildman–Crippen MR) is 67.8 cm³/mol. The number of carbonyl (C=O) groups excluding carboxylic acids is 2. The van der Waals surface area contributed by atoms with Crippen LogP contribution in [0, 0.1) is 5.92 Å². The predicted octanol–water partition coefficient (Wildman–Crippen LogP) is 1.56. The molecule has 2 amide bonds. The zero-order valence-electron chi connectivity index (χ0n) is 12.2. The van der Waals surface area contributed by atoms with Crippen molar-refractivity contribution in [2.75, 3.05) is 14.2 Å². The van der Waals surface area contributed by atoms with E-state index in [0.717, 1.165) is 0 Å². The van der Waals surface area contributed by atoms with E-state index >= 15 is 0 Å². The summed E-state index contributed by atoms with van der Waals surface area (Å²) in [5.41, 5.74) is -0.634. The number of nitrogens with zero attached hydrogens (tertiary/aromatic N) is 1. The highest BCUT2D eigenvalue weighted by atomic mass is 16.7. The minimum absolute atomic E-state index is 0.00242. The lowest BCUT2D eigenvalue weighted by Gasteiger charge is -2.28. The summed E-state index contributed by atoms with van der Waals surface area (Å²) in [6.45, 7) is 8.94. The molecule has 0 fully saturated rings. The number of nitrogens with one attached hydrogen (secondary N) is 1. The molecule has 0 aromatic heterocycles. The molecule has 106 valence electrons. The van der Waals surface area contributed by atoms with Gasteiger partial charge in [0.15, 0.2) is 0 Å². The fourth-order valence-electron chi connectivity index (χ4n) is 1.48. The quantitative estimate of drug-likeness (QED) is 0.777. The van der Waals surface area contributed by atoms with E-state index in [1.165, 1.54) is 12.2 Å². The first kappa shape index (κ1) is 16.9. The fourth-order valence-corrected chi connectivity index (χ4v) is 1.48. The van der Waals surface area contributed by atoms with Crippen LogP contribution in [0.1, 0.15) is 34.6 Å². The zero-order valence-corrected chi connectivity index (χ0v) is 12.2. The van der Waals surface area contributed by atoms with Gasteiger partial charge in [0.25, 0.3) is 0 Å². The molecule has 0 aliphatic carbocycles. The summed E-state index contributed by atoms with van der Waals surface area (Å²) in [5.74, 6) is -0.444. The number of hydrogen-bond acceptors (Lipinski definition) is 5. The van der Waals surface area contributed by atoms with E-state index in [0.29, 0.717) is 0 Å². The molecule has 0 aromatic rings. The smallest absolute Gasteiger partial charge is 0.414 e. The van der Waals surface area contributed by atoms with E-state index in [2.05, 4.69) is 5.32 Å². The van der Waals surface area contributed by atoms with Crippen LogP contribution in [0.15, 0.2) is 0 Å². The van der Waals surface area contributed by atoms with Gasteiger partial charge < -0.3 is 9.57 Å². The molecular weight excluding hydrogens is 236 g/mol. The maximum Gasteiger partial charge on any atom is 0.414 e. The van der Waals surface area contributed by atoms with Crippen LogP contribution in [-0.4, -0.2) is 42.9 Å². The van der Waals surface area contributed by atoms with Crippen LogP contribution in [0.25, 0.3) is 0 Å². The van der Waals surface area contributed by atoms with Gasteiger partial charge in [-0.05, 0) is 26.7 Å². The van der Waals surface area contributed by atoms with Crippen molar-refractivity contribution in [3.8, 4) is 0 Å². The van der Waals surface area contributed by atoms with Gasteiger partial charge in [0, 0.05) is 7.05 Å². The average Bonchev–Trinajstić information content (AvgIpc) is 2.13. The number of amides is 2. The number of carbonyl (C=O) groups is 2. The molecule has 6 heteroatoms. The molecule has 1 unspecified atom stereocenters. The van der Waals surface area contributed by atoms with Crippen molar-refractivity contribution in [3.63, 3.8) is 0 Å². The van der Waals surface area contributed by atoms with Crippen LogP contribution < -0.4 is 5.32 Å². The Balaban J connectivity index is 4.58. The molecule has 0 saturated heterocycles. The van der Waals surface area contributed by atoms with Gasteiger partial charge in [-0.2, -0.15) is 5.06 Å². The number of hydroxylamine groups is 2. The molecule has 0 radical (unpaired) electrons. The molecule has 1 N–H and O–H groups in total. The van der Waals surface area contributed by atoms with E-state index < -0.39 is 23.6 Å². The van der Waals surface area contributed by atoms with Crippen LogP contribution in [0.3, 0.4) is 0 Å². The third-order valence-corrected chi connectivity index (χ3v) is 2.20. The Bertz CT molecular complexity index is 297. The molecule has 0 spiro atoms. The molecule has 0 heterocycles. The maximum atomic E-state index is 11.9. The van der Waals surface area contributed by atoms with E-state index in [-0.39, 0.29) is 5.92 Å². The van der Waals surface area contributed by atoms with Gasteiger partial charge in [-0.3, -0.25) is 10.1 Å². The first-order valence-electron chi connectivity index (χ1n) is 5.89. The highest BCUT2D eigenvalue weighted by Gasteiger charge is 2.29. The second-order valence-corrected chi connectivity index (χ2v) is 5.41. The number of imide groups is 1. The van der Waals surface area contributed by atoms with E-state index in [9.17, 15) is 9.59 Å². The van der Waals surface area contributed by atoms with Crippen molar-refractivity contribution in [2.45, 2.75) is 46.3 Å². The Kier molecular flexibility index (Phi) is 6.28. The first-order valence-corrected chi connectivity index (χ1v) is 5.89. The molecule has 1 atom stereocenters. The SMILES string of the molecule is CON(C)C(C(=O)NC(=O)OC(C)(C)C)C(C)C. The fraction of sp³-hybridized carbons (Fsp3) is 0.833. The van der Waals surface area contributed by atoms with Crippen LogP contribution in [0.4, 0.5) is 4.79 Å². The van der Waals surface area contributed by atoms with Crippen molar-refractivity contribution in [3.05, 3.63) is 0 Å². The van der Waals surface area contributed by atoms with Crippen molar-refractivity contribution in [1.29, 1.82) is 0 Å². The summed E-state index contributed by atoms with van der Waals surface area (Å²) in [6, 6.07) is -0.553. The largest absolute Gasteiger partial charge is 0.444 e.